The van der Waals surface area contributed by atoms with Crippen molar-refractivity contribution in [2.24, 2.45) is 0 Å². The Morgan fingerprint density at radius 3 is 2.21 bits per heavy atom. The van der Waals surface area contributed by atoms with Gasteiger partial charge in [0.25, 0.3) is 5.91 Å². The van der Waals surface area contributed by atoms with Gasteiger partial charge in [-0.15, -0.1) is 5.10 Å². The molecule has 1 fully saturated rings. The van der Waals surface area contributed by atoms with Gasteiger partial charge in [-0.1, -0.05) is 13.0 Å². The Hall–Kier alpha value is -2.71. The van der Waals surface area contributed by atoms with Crippen LogP contribution in [0.3, 0.4) is 0 Å². The van der Waals surface area contributed by atoms with Gasteiger partial charge in [0, 0.05) is 0 Å². The van der Waals surface area contributed by atoms with E-state index in [2.05, 4.69) is 22.4 Å². The fourth-order valence-electron chi connectivity index (χ4n) is 3.25. The van der Waals surface area contributed by atoms with Crippen molar-refractivity contribution in [1.29, 1.82) is 0 Å². The normalized spacial score (nSPS) is 15.6. The Morgan fingerprint density at radius 2 is 1.69 bits per heavy atom. The highest BCUT2D eigenvalue weighted by atomic mass is 16.7. The van der Waals surface area contributed by atoms with Crippen LogP contribution in [0.5, 0.6) is 11.5 Å². The molecule has 8 heteroatoms. The van der Waals surface area contributed by atoms with Crippen LogP contribution in [0.15, 0.2) is 30.3 Å². The average molecular weight is 401 g/mol. The molecule has 0 atom stereocenters. The number of carbonyl (C=O) groups is 1. The fraction of sp³-hybridized carbons (Fsp3) is 0.476. The molecule has 0 saturated carbocycles. The van der Waals surface area contributed by atoms with Gasteiger partial charge in [-0.05, 0) is 44.5 Å². The zero-order chi connectivity index (χ0) is 20.7. The van der Waals surface area contributed by atoms with E-state index in [4.69, 9.17) is 18.9 Å². The molecule has 2 aromatic rings. The molecule has 1 amide bonds. The van der Waals surface area contributed by atoms with Gasteiger partial charge in [0.15, 0.2) is 5.82 Å². The van der Waals surface area contributed by atoms with E-state index in [1.54, 1.807) is 24.3 Å². The van der Waals surface area contributed by atoms with Crippen molar-refractivity contribution in [3.63, 3.8) is 0 Å². The van der Waals surface area contributed by atoms with E-state index in [1.165, 1.54) is 0 Å². The zero-order valence-electron chi connectivity index (χ0n) is 17.1. The molecule has 1 aliphatic rings. The minimum Gasteiger partial charge on any atom is -0.493 e. The topological polar surface area (TPSA) is 91.8 Å². The first-order chi connectivity index (χ1) is 14.1. The number of carbonyl (C=O) groups excluding carboxylic acids is 1. The van der Waals surface area contributed by atoms with E-state index in [9.17, 15) is 4.79 Å². The average Bonchev–Trinajstić information content (AvgIpc) is 2.75. The van der Waals surface area contributed by atoms with E-state index in [0.717, 1.165) is 12.1 Å². The Morgan fingerprint density at radius 1 is 1.03 bits per heavy atom. The summed E-state index contributed by atoms with van der Waals surface area (Å²) >= 11 is 0. The molecule has 156 valence electrons. The van der Waals surface area contributed by atoms with Crippen molar-refractivity contribution in [3.8, 4) is 11.5 Å². The second-order valence-corrected chi connectivity index (χ2v) is 6.70. The summed E-state index contributed by atoms with van der Waals surface area (Å²) < 4.78 is 22.1. The number of anilines is 1. The van der Waals surface area contributed by atoms with Gasteiger partial charge in [0.1, 0.15) is 23.9 Å². The number of aromatic nitrogens is 2. The number of hydrogen-bond acceptors (Lipinski definition) is 7. The van der Waals surface area contributed by atoms with Crippen LogP contribution in [-0.2, 0) is 14.9 Å². The Labute approximate surface area is 170 Å². The van der Waals surface area contributed by atoms with E-state index >= 15 is 0 Å². The van der Waals surface area contributed by atoms with Crippen LogP contribution in [-0.4, -0.2) is 49.3 Å². The van der Waals surface area contributed by atoms with Crippen molar-refractivity contribution >= 4 is 11.7 Å². The van der Waals surface area contributed by atoms with Gasteiger partial charge in [-0.2, -0.15) is 5.10 Å². The third kappa shape index (κ3) is 4.65. The van der Waals surface area contributed by atoms with Crippen LogP contribution >= 0.6 is 0 Å². The van der Waals surface area contributed by atoms with Gasteiger partial charge in [0.05, 0.1) is 37.5 Å². The van der Waals surface area contributed by atoms with Gasteiger partial charge >= 0.3 is 0 Å². The second-order valence-electron chi connectivity index (χ2n) is 6.70. The fourth-order valence-corrected chi connectivity index (χ4v) is 3.25. The van der Waals surface area contributed by atoms with Crippen molar-refractivity contribution in [3.05, 3.63) is 41.6 Å². The molecule has 0 radical (unpaired) electrons. The summed E-state index contributed by atoms with van der Waals surface area (Å²) in [6.45, 7) is 8.02. The van der Waals surface area contributed by atoms with Crippen LogP contribution in [0.2, 0.25) is 0 Å². The smallest absolute Gasteiger partial charge is 0.264 e. The molecule has 1 saturated heterocycles. The maximum Gasteiger partial charge on any atom is 0.264 e. The summed E-state index contributed by atoms with van der Waals surface area (Å²) in [5, 5.41) is 11.3. The predicted octanol–water partition coefficient (Wildman–Crippen LogP) is 3.18. The highest BCUT2D eigenvalue weighted by molar-refractivity contribution is 6.07. The minimum absolute atomic E-state index is 0.296. The molecular formula is C21H27N3O5. The molecule has 1 aliphatic heterocycles. The molecule has 0 aliphatic carbocycles. The summed E-state index contributed by atoms with van der Waals surface area (Å²) in [6.07, 6.45) is 0.812. The number of amides is 1. The Bertz CT molecular complexity index is 795. The highest BCUT2D eigenvalue weighted by Crippen LogP contribution is 2.31. The standard InChI is InChI=1S/C21H27N3O5/c1-4-21(12-26-14-27-13-21)17-10-11-18(24-23-17)22-20(25)19-15(28-5-2)8-7-9-16(19)29-6-3/h7-11H,4-6,12-14H2,1-3H3,(H,22,24,25). The number of benzene rings is 1. The molecule has 0 unspecified atom stereocenters. The molecular weight excluding hydrogens is 374 g/mol. The van der Waals surface area contributed by atoms with Crippen LogP contribution < -0.4 is 14.8 Å². The first-order valence-corrected chi connectivity index (χ1v) is 9.83. The monoisotopic (exact) mass is 401 g/mol. The summed E-state index contributed by atoms with van der Waals surface area (Å²) in [5.41, 5.74) is 0.793. The van der Waals surface area contributed by atoms with Crippen LogP contribution in [0.4, 0.5) is 5.82 Å². The summed E-state index contributed by atoms with van der Waals surface area (Å²) in [6, 6.07) is 8.85. The SMILES string of the molecule is CCOc1cccc(OCC)c1C(=O)Nc1ccc(C2(CC)COCOC2)nn1. The molecule has 1 N–H and O–H groups in total. The summed E-state index contributed by atoms with van der Waals surface area (Å²) in [7, 11) is 0. The summed E-state index contributed by atoms with van der Waals surface area (Å²) in [4.78, 5) is 12.9. The molecule has 0 bridgehead atoms. The molecule has 2 heterocycles. The number of ether oxygens (including phenoxy) is 4. The third-order valence-corrected chi connectivity index (χ3v) is 4.86. The third-order valence-electron chi connectivity index (χ3n) is 4.86. The van der Waals surface area contributed by atoms with E-state index in [0.29, 0.717) is 56.1 Å². The second kappa shape index (κ2) is 9.67. The number of hydrogen-bond donors (Lipinski definition) is 1. The molecule has 1 aromatic heterocycles. The quantitative estimate of drug-likeness (QED) is 0.726. The minimum atomic E-state index is -0.367. The van der Waals surface area contributed by atoms with Crippen molar-refractivity contribution in [1.82, 2.24) is 10.2 Å². The summed E-state index contributed by atoms with van der Waals surface area (Å²) in [5.74, 6) is 0.898. The molecule has 1 aromatic carbocycles. The van der Waals surface area contributed by atoms with E-state index < -0.39 is 0 Å². The lowest BCUT2D eigenvalue weighted by atomic mass is 9.83. The van der Waals surface area contributed by atoms with Crippen LogP contribution in [0.1, 0.15) is 43.2 Å². The highest BCUT2D eigenvalue weighted by Gasteiger charge is 2.36. The van der Waals surface area contributed by atoms with Crippen LogP contribution in [0.25, 0.3) is 0 Å². The van der Waals surface area contributed by atoms with Crippen molar-refractivity contribution in [2.75, 3.05) is 38.5 Å². The van der Waals surface area contributed by atoms with Crippen LogP contribution in [0, 0.1) is 0 Å². The lowest BCUT2D eigenvalue weighted by Gasteiger charge is -2.34. The van der Waals surface area contributed by atoms with Gasteiger partial charge in [0.2, 0.25) is 0 Å². The number of rotatable bonds is 8. The zero-order valence-corrected chi connectivity index (χ0v) is 17.1. The molecule has 3 rings (SSSR count). The first-order valence-electron chi connectivity index (χ1n) is 9.83. The first kappa shape index (κ1) is 21.0. The van der Waals surface area contributed by atoms with E-state index in [1.807, 2.05) is 19.9 Å². The Balaban J connectivity index is 1.81. The van der Waals surface area contributed by atoms with Gasteiger partial charge in [-0.25, -0.2) is 0 Å². The van der Waals surface area contributed by atoms with Gasteiger partial charge in [-0.3, -0.25) is 4.79 Å². The lowest BCUT2D eigenvalue weighted by Crippen LogP contribution is -2.41. The van der Waals surface area contributed by atoms with Crippen molar-refractivity contribution in [2.45, 2.75) is 32.6 Å². The van der Waals surface area contributed by atoms with Crippen molar-refractivity contribution < 1.29 is 23.7 Å². The maximum atomic E-state index is 12.9. The van der Waals surface area contributed by atoms with Gasteiger partial charge < -0.3 is 24.3 Å². The maximum absolute atomic E-state index is 12.9. The molecule has 8 nitrogen and oxygen atoms in total. The number of nitrogens with zero attached hydrogens (tertiary/aromatic N) is 2. The predicted molar refractivity (Wildman–Crippen MR) is 108 cm³/mol. The lowest BCUT2D eigenvalue weighted by molar-refractivity contribution is -0.140. The van der Waals surface area contributed by atoms with E-state index in [-0.39, 0.29) is 11.3 Å². The number of nitrogens with one attached hydrogen (secondary N) is 1. The molecule has 29 heavy (non-hydrogen) atoms. The molecule has 0 spiro atoms. The largest absolute Gasteiger partial charge is 0.493 e. The Kier molecular flexibility index (Phi) is 7.00.